The van der Waals surface area contributed by atoms with E-state index in [1.807, 2.05) is 42.5 Å². The topological polar surface area (TPSA) is 72.9 Å². The fraction of sp³-hybridized carbons (Fsp3) is 0.333. The van der Waals surface area contributed by atoms with Crippen LogP contribution in [0.15, 0.2) is 54.6 Å². The fourth-order valence-electron chi connectivity index (χ4n) is 4.82. The molecule has 0 radical (unpaired) electrons. The molecule has 1 saturated heterocycles. The van der Waals surface area contributed by atoms with E-state index in [1.54, 1.807) is 23.5 Å². The number of ketones is 1. The van der Waals surface area contributed by atoms with Gasteiger partial charge in [0.2, 0.25) is 5.91 Å². The number of piperazine rings is 1. The first-order valence-corrected chi connectivity index (χ1v) is 12.7. The van der Waals surface area contributed by atoms with Gasteiger partial charge in [-0.1, -0.05) is 30.3 Å². The van der Waals surface area contributed by atoms with Crippen molar-refractivity contribution in [2.24, 2.45) is 0 Å². The molecule has 1 aliphatic heterocycles. The number of nitrogens with one attached hydrogen (secondary N) is 1. The van der Waals surface area contributed by atoms with Crippen molar-refractivity contribution in [3.63, 3.8) is 0 Å². The van der Waals surface area contributed by atoms with Crippen molar-refractivity contribution in [1.82, 2.24) is 4.90 Å². The van der Waals surface area contributed by atoms with Crippen LogP contribution < -0.4 is 10.2 Å². The number of phenolic OH excluding ortho intramolecular Hbond substituents is 1. The zero-order chi connectivity index (χ0) is 23.5. The molecule has 0 bridgehead atoms. The predicted molar refractivity (Wildman–Crippen MR) is 136 cm³/mol. The molecule has 2 aromatic carbocycles. The largest absolute Gasteiger partial charge is 0.508 e. The van der Waals surface area contributed by atoms with Crippen molar-refractivity contribution in [1.29, 1.82) is 0 Å². The van der Waals surface area contributed by atoms with E-state index in [9.17, 15) is 14.7 Å². The molecule has 6 nitrogen and oxygen atoms in total. The molecular formula is C27H29N3O3S. The first-order chi connectivity index (χ1) is 16.6. The van der Waals surface area contributed by atoms with Gasteiger partial charge in [0, 0.05) is 42.3 Å². The Balaban J connectivity index is 1.26. The monoisotopic (exact) mass is 475 g/mol. The van der Waals surface area contributed by atoms with Crippen molar-refractivity contribution >= 4 is 33.7 Å². The quantitative estimate of drug-likeness (QED) is 0.520. The molecule has 2 N–H and O–H groups in total. The molecule has 2 heterocycles. The van der Waals surface area contributed by atoms with Crippen LogP contribution in [-0.2, 0) is 17.6 Å². The van der Waals surface area contributed by atoms with Crippen LogP contribution in [0.2, 0.25) is 0 Å². The number of hydrogen-bond acceptors (Lipinski definition) is 6. The third-order valence-electron chi connectivity index (χ3n) is 6.64. The van der Waals surface area contributed by atoms with Crippen molar-refractivity contribution in [2.45, 2.75) is 25.7 Å². The van der Waals surface area contributed by atoms with Gasteiger partial charge in [0.05, 0.1) is 12.1 Å². The number of benzene rings is 2. The SMILES string of the molecule is O=C(CN1CCN(c2ccc(O)cc2)CC1)Nc1sc2c(c1C(=O)c1ccccc1)CCCC2. The number of anilines is 2. The summed E-state index contributed by atoms with van der Waals surface area (Å²) < 4.78 is 0. The molecule has 0 saturated carbocycles. The van der Waals surface area contributed by atoms with E-state index < -0.39 is 0 Å². The van der Waals surface area contributed by atoms with Crippen LogP contribution in [0.1, 0.15) is 39.2 Å². The Morgan fingerprint density at radius 2 is 1.62 bits per heavy atom. The average Bonchev–Trinajstić information content (AvgIpc) is 3.22. The van der Waals surface area contributed by atoms with Crippen molar-refractivity contribution in [2.75, 3.05) is 42.9 Å². The zero-order valence-corrected chi connectivity index (χ0v) is 19.9. The lowest BCUT2D eigenvalue weighted by Crippen LogP contribution is -2.48. The van der Waals surface area contributed by atoms with Crippen LogP contribution in [0.4, 0.5) is 10.7 Å². The highest BCUT2D eigenvalue weighted by Gasteiger charge is 2.27. The minimum atomic E-state index is -0.0706. The van der Waals surface area contributed by atoms with Crippen LogP contribution in [0.3, 0.4) is 0 Å². The Hall–Kier alpha value is -3.16. The number of nitrogens with zero attached hydrogens (tertiary/aromatic N) is 2. The minimum absolute atomic E-state index is 0.00203. The maximum absolute atomic E-state index is 13.4. The molecule has 1 aliphatic carbocycles. The van der Waals surface area contributed by atoms with Crippen LogP contribution >= 0.6 is 11.3 Å². The summed E-state index contributed by atoms with van der Waals surface area (Å²) >= 11 is 1.57. The van der Waals surface area contributed by atoms with E-state index in [0.29, 0.717) is 22.7 Å². The molecule has 34 heavy (non-hydrogen) atoms. The van der Waals surface area contributed by atoms with Crippen LogP contribution in [0.5, 0.6) is 5.75 Å². The van der Waals surface area contributed by atoms with E-state index in [2.05, 4.69) is 15.1 Å². The summed E-state index contributed by atoms with van der Waals surface area (Å²) in [5.74, 6) is 0.191. The lowest BCUT2D eigenvalue weighted by molar-refractivity contribution is -0.117. The maximum atomic E-state index is 13.4. The molecule has 2 aliphatic rings. The molecule has 0 spiro atoms. The number of amides is 1. The van der Waals surface area contributed by atoms with Gasteiger partial charge in [-0.3, -0.25) is 14.5 Å². The second-order valence-electron chi connectivity index (χ2n) is 8.94. The fourth-order valence-corrected chi connectivity index (χ4v) is 6.13. The summed E-state index contributed by atoms with van der Waals surface area (Å²) in [5.41, 5.74) is 3.56. The predicted octanol–water partition coefficient (Wildman–Crippen LogP) is 4.32. The Morgan fingerprint density at radius 3 is 2.35 bits per heavy atom. The summed E-state index contributed by atoms with van der Waals surface area (Å²) in [7, 11) is 0. The number of aryl methyl sites for hydroxylation is 1. The highest BCUT2D eigenvalue weighted by atomic mass is 32.1. The molecule has 5 rings (SSSR count). The summed E-state index contributed by atoms with van der Waals surface area (Å²) in [4.78, 5) is 32.0. The number of rotatable bonds is 6. The smallest absolute Gasteiger partial charge is 0.239 e. The van der Waals surface area contributed by atoms with Crippen LogP contribution in [-0.4, -0.2) is 54.4 Å². The molecule has 1 fully saturated rings. The first kappa shape index (κ1) is 22.6. The maximum Gasteiger partial charge on any atom is 0.239 e. The lowest BCUT2D eigenvalue weighted by Gasteiger charge is -2.35. The highest BCUT2D eigenvalue weighted by Crippen LogP contribution is 2.39. The molecular weight excluding hydrogens is 446 g/mol. The number of aromatic hydroxyl groups is 1. The number of phenols is 1. The van der Waals surface area contributed by atoms with Gasteiger partial charge in [-0.2, -0.15) is 0 Å². The number of hydrogen-bond donors (Lipinski definition) is 2. The molecule has 7 heteroatoms. The Kier molecular flexibility index (Phi) is 6.65. The summed E-state index contributed by atoms with van der Waals surface area (Å²) in [6.45, 7) is 3.52. The van der Waals surface area contributed by atoms with E-state index >= 15 is 0 Å². The van der Waals surface area contributed by atoms with E-state index in [4.69, 9.17) is 0 Å². The molecule has 3 aromatic rings. The summed E-state index contributed by atoms with van der Waals surface area (Å²) in [5, 5.41) is 13.3. The number of fused-ring (bicyclic) bond motifs is 1. The van der Waals surface area contributed by atoms with E-state index in [0.717, 1.165) is 63.1 Å². The second kappa shape index (κ2) is 9.99. The molecule has 0 atom stereocenters. The lowest BCUT2D eigenvalue weighted by atomic mass is 9.92. The molecule has 176 valence electrons. The van der Waals surface area contributed by atoms with Gasteiger partial charge in [0.15, 0.2) is 5.78 Å². The Bertz CT molecular complexity index is 1170. The Morgan fingerprint density at radius 1 is 0.912 bits per heavy atom. The number of carbonyl (C=O) groups is 2. The van der Waals surface area contributed by atoms with Gasteiger partial charge in [-0.15, -0.1) is 11.3 Å². The highest BCUT2D eigenvalue weighted by molar-refractivity contribution is 7.17. The summed E-state index contributed by atoms with van der Waals surface area (Å²) in [6, 6.07) is 16.6. The van der Waals surface area contributed by atoms with Crippen molar-refractivity contribution in [3.05, 3.63) is 76.2 Å². The minimum Gasteiger partial charge on any atom is -0.508 e. The second-order valence-corrected chi connectivity index (χ2v) is 10.0. The molecule has 1 amide bonds. The normalized spacial score (nSPS) is 16.2. The zero-order valence-electron chi connectivity index (χ0n) is 19.1. The summed E-state index contributed by atoms with van der Waals surface area (Å²) in [6.07, 6.45) is 4.08. The van der Waals surface area contributed by atoms with E-state index in [-0.39, 0.29) is 17.4 Å². The van der Waals surface area contributed by atoms with Crippen molar-refractivity contribution < 1.29 is 14.7 Å². The molecule has 1 aromatic heterocycles. The van der Waals surface area contributed by atoms with Crippen molar-refractivity contribution in [3.8, 4) is 5.75 Å². The van der Waals surface area contributed by atoms with Gasteiger partial charge in [-0.05, 0) is 55.5 Å². The van der Waals surface area contributed by atoms with Gasteiger partial charge in [0.1, 0.15) is 10.8 Å². The van der Waals surface area contributed by atoms with Gasteiger partial charge >= 0.3 is 0 Å². The van der Waals surface area contributed by atoms with Gasteiger partial charge < -0.3 is 15.3 Å². The van der Waals surface area contributed by atoms with Gasteiger partial charge in [0.25, 0.3) is 0 Å². The number of thiophene rings is 1. The average molecular weight is 476 g/mol. The third kappa shape index (κ3) is 4.86. The Labute approximate surface area is 203 Å². The molecule has 0 unspecified atom stereocenters. The van der Waals surface area contributed by atoms with Crippen LogP contribution in [0.25, 0.3) is 0 Å². The van der Waals surface area contributed by atoms with Crippen LogP contribution in [0, 0.1) is 0 Å². The standard InChI is InChI=1S/C27H29N3O3S/c31-21-12-10-20(11-13-21)30-16-14-29(15-17-30)18-24(32)28-27-25(22-8-4-5-9-23(22)34-27)26(33)19-6-2-1-3-7-19/h1-3,6-7,10-13,31H,4-5,8-9,14-18H2,(H,28,32). The third-order valence-corrected chi connectivity index (χ3v) is 7.85. The first-order valence-electron chi connectivity index (χ1n) is 11.9. The van der Waals surface area contributed by atoms with E-state index in [1.165, 1.54) is 4.88 Å². The van der Waals surface area contributed by atoms with Gasteiger partial charge in [-0.25, -0.2) is 0 Å². The number of carbonyl (C=O) groups excluding carboxylic acids is 2.